The lowest BCUT2D eigenvalue weighted by Crippen LogP contribution is -2.44. The quantitative estimate of drug-likeness (QED) is 0.660. The Hall–Kier alpha value is -1.56. The summed E-state index contributed by atoms with van der Waals surface area (Å²) in [5, 5.41) is 3.80. The number of benzene rings is 2. The van der Waals surface area contributed by atoms with Crippen LogP contribution in [-0.4, -0.2) is 32.3 Å². The lowest BCUT2D eigenvalue weighted by Gasteiger charge is -2.38. The standard InChI is InChI=1S/C21H23BrClNO3/c22-17-4-2-6-19(14-17)27-10-7-20(25)24-15-21(8-11-26-12-9-21)16-3-1-5-18(23)13-16/h1-6,13-14H,7-12,15H2,(H,24,25). The number of rotatable bonds is 7. The molecule has 0 atom stereocenters. The monoisotopic (exact) mass is 451 g/mol. The predicted molar refractivity (Wildman–Crippen MR) is 110 cm³/mol. The van der Waals surface area contributed by atoms with Gasteiger partial charge in [-0.3, -0.25) is 4.79 Å². The zero-order valence-electron chi connectivity index (χ0n) is 15.0. The van der Waals surface area contributed by atoms with Gasteiger partial charge in [-0.15, -0.1) is 0 Å². The van der Waals surface area contributed by atoms with Crippen LogP contribution in [0.1, 0.15) is 24.8 Å². The van der Waals surface area contributed by atoms with E-state index in [9.17, 15) is 4.79 Å². The molecule has 2 aromatic rings. The van der Waals surface area contributed by atoms with Gasteiger partial charge in [0.05, 0.1) is 13.0 Å². The first kappa shape index (κ1) is 20.2. The molecule has 1 amide bonds. The van der Waals surface area contributed by atoms with Gasteiger partial charge in [0.1, 0.15) is 5.75 Å². The predicted octanol–water partition coefficient (Wildman–Crippen LogP) is 4.74. The molecule has 0 aromatic heterocycles. The first-order valence-corrected chi connectivity index (χ1v) is 10.2. The average Bonchev–Trinajstić information content (AvgIpc) is 2.67. The Kier molecular flexibility index (Phi) is 7.16. The molecule has 1 aliphatic rings. The number of carbonyl (C=O) groups excluding carboxylic acids is 1. The molecule has 1 aliphatic heterocycles. The molecule has 1 heterocycles. The van der Waals surface area contributed by atoms with Gasteiger partial charge in [0, 0.05) is 34.7 Å². The Balaban J connectivity index is 1.54. The van der Waals surface area contributed by atoms with E-state index in [2.05, 4.69) is 27.3 Å². The van der Waals surface area contributed by atoms with Crippen molar-refractivity contribution in [3.63, 3.8) is 0 Å². The van der Waals surface area contributed by atoms with Crippen molar-refractivity contribution in [2.24, 2.45) is 0 Å². The SMILES string of the molecule is O=C(CCOc1cccc(Br)c1)NCC1(c2cccc(Cl)c2)CCOCC1. The van der Waals surface area contributed by atoms with Gasteiger partial charge in [-0.25, -0.2) is 0 Å². The maximum absolute atomic E-state index is 12.3. The molecule has 0 bridgehead atoms. The van der Waals surface area contributed by atoms with E-state index in [1.165, 1.54) is 0 Å². The highest BCUT2D eigenvalue weighted by atomic mass is 79.9. The van der Waals surface area contributed by atoms with E-state index in [0.29, 0.717) is 37.8 Å². The van der Waals surface area contributed by atoms with E-state index < -0.39 is 0 Å². The Labute approximate surface area is 173 Å². The van der Waals surface area contributed by atoms with Gasteiger partial charge in [-0.2, -0.15) is 0 Å². The number of amides is 1. The second kappa shape index (κ2) is 9.58. The lowest BCUT2D eigenvalue weighted by molar-refractivity contribution is -0.122. The van der Waals surface area contributed by atoms with Gasteiger partial charge in [0.25, 0.3) is 0 Å². The molecule has 1 N–H and O–H groups in total. The smallest absolute Gasteiger partial charge is 0.223 e. The third-order valence-electron chi connectivity index (χ3n) is 4.90. The van der Waals surface area contributed by atoms with Gasteiger partial charge in [0.15, 0.2) is 0 Å². The first-order valence-electron chi connectivity index (χ1n) is 9.06. The van der Waals surface area contributed by atoms with Crippen LogP contribution < -0.4 is 10.1 Å². The molecule has 0 radical (unpaired) electrons. The van der Waals surface area contributed by atoms with E-state index in [0.717, 1.165) is 28.6 Å². The van der Waals surface area contributed by atoms with E-state index >= 15 is 0 Å². The minimum atomic E-state index is -0.135. The van der Waals surface area contributed by atoms with Gasteiger partial charge in [0.2, 0.25) is 5.91 Å². The summed E-state index contributed by atoms with van der Waals surface area (Å²) in [6, 6.07) is 15.5. The lowest BCUT2D eigenvalue weighted by atomic mass is 9.74. The normalized spacial score (nSPS) is 15.9. The fourth-order valence-electron chi connectivity index (χ4n) is 3.32. The van der Waals surface area contributed by atoms with Crippen LogP contribution in [0.5, 0.6) is 5.75 Å². The van der Waals surface area contributed by atoms with Crippen molar-refractivity contribution in [1.29, 1.82) is 0 Å². The molecule has 6 heteroatoms. The highest BCUT2D eigenvalue weighted by Crippen LogP contribution is 2.35. The fourth-order valence-corrected chi connectivity index (χ4v) is 3.89. The van der Waals surface area contributed by atoms with E-state index in [1.807, 2.05) is 42.5 Å². The second-order valence-corrected chi connectivity index (χ2v) is 8.09. The largest absolute Gasteiger partial charge is 0.493 e. The van der Waals surface area contributed by atoms with Crippen LogP contribution in [0.3, 0.4) is 0 Å². The highest BCUT2D eigenvalue weighted by molar-refractivity contribution is 9.10. The van der Waals surface area contributed by atoms with Gasteiger partial charge >= 0.3 is 0 Å². The Morgan fingerprint density at radius 2 is 1.96 bits per heavy atom. The summed E-state index contributed by atoms with van der Waals surface area (Å²) in [7, 11) is 0. The van der Waals surface area contributed by atoms with Gasteiger partial charge in [-0.05, 0) is 48.7 Å². The summed E-state index contributed by atoms with van der Waals surface area (Å²) >= 11 is 9.59. The minimum absolute atomic E-state index is 0.0158. The van der Waals surface area contributed by atoms with Crippen LogP contribution >= 0.6 is 27.5 Å². The molecular weight excluding hydrogens is 430 g/mol. The van der Waals surface area contributed by atoms with Crippen LogP contribution in [0.2, 0.25) is 5.02 Å². The van der Waals surface area contributed by atoms with E-state index in [-0.39, 0.29) is 11.3 Å². The van der Waals surface area contributed by atoms with Crippen LogP contribution in [-0.2, 0) is 14.9 Å². The van der Waals surface area contributed by atoms with Crippen LogP contribution in [0.25, 0.3) is 0 Å². The van der Waals surface area contributed by atoms with Gasteiger partial charge in [-0.1, -0.05) is 45.7 Å². The van der Waals surface area contributed by atoms with Crippen molar-refractivity contribution in [1.82, 2.24) is 5.32 Å². The van der Waals surface area contributed by atoms with E-state index in [4.69, 9.17) is 21.1 Å². The molecular formula is C21H23BrClNO3. The molecule has 0 saturated carbocycles. The number of halogens is 2. The first-order chi connectivity index (χ1) is 13.1. The molecule has 27 heavy (non-hydrogen) atoms. The van der Waals surface area contributed by atoms with Crippen molar-refractivity contribution in [3.8, 4) is 5.75 Å². The zero-order valence-corrected chi connectivity index (χ0v) is 17.4. The van der Waals surface area contributed by atoms with Gasteiger partial charge < -0.3 is 14.8 Å². The van der Waals surface area contributed by atoms with E-state index in [1.54, 1.807) is 0 Å². The zero-order chi connectivity index (χ0) is 19.1. The molecule has 2 aromatic carbocycles. The van der Waals surface area contributed by atoms with Crippen molar-refractivity contribution in [3.05, 3.63) is 63.6 Å². The summed E-state index contributed by atoms with van der Waals surface area (Å²) in [5.41, 5.74) is 1.02. The molecule has 0 aliphatic carbocycles. The maximum atomic E-state index is 12.3. The second-order valence-electron chi connectivity index (χ2n) is 6.74. The highest BCUT2D eigenvalue weighted by Gasteiger charge is 2.34. The summed E-state index contributed by atoms with van der Waals surface area (Å²) in [6.45, 7) is 2.30. The molecule has 0 spiro atoms. The Morgan fingerprint density at radius 1 is 1.19 bits per heavy atom. The number of ether oxygens (including phenoxy) is 2. The maximum Gasteiger partial charge on any atom is 0.223 e. The fraction of sp³-hybridized carbons (Fsp3) is 0.381. The summed E-state index contributed by atoms with van der Waals surface area (Å²) in [5.74, 6) is 0.731. The van der Waals surface area contributed by atoms with Crippen molar-refractivity contribution in [2.75, 3.05) is 26.4 Å². The Morgan fingerprint density at radius 3 is 2.70 bits per heavy atom. The van der Waals surface area contributed by atoms with Crippen molar-refractivity contribution >= 4 is 33.4 Å². The molecule has 1 saturated heterocycles. The molecule has 144 valence electrons. The van der Waals surface area contributed by atoms with Crippen LogP contribution in [0.15, 0.2) is 53.0 Å². The molecule has 1 fully saturated rings. The minimum Gasteiger partial charge on any atom is -0.493 e. The average molecular weight is 453 g/mol. The number of hydrogen-bond acceptors (Lipinski definition) is 3. The van der Waals surface area contributed by atoms with Crippen LogP contribution in [0, 0.1) is 0 Å². The molecule has 0 unspecified atom stereocenters. The van der Waals surface area contributed by atoms with Crippen molar-refractivity contribution in [2.45, 2.75) is 24.7 Å². The topological polar surface area (TPSA) is 47.6 Å². The summed E-state index contributed by atoms with van der Waals surface area (Å²) in [6.07, 6.45) is 2.04. The number of carbonyl (C=O) groups is 1. The summed E-state index contributed by atoms with van der Waals surface area (Å²) < 4.78 is 12.1. The Bertz CT molecular complexity index is 778. The third-order valence-corrected chi connectivity index (χ3v) is 5.63. The molecule has 3 rings (SSSR count). The van der Waals surface area contributed by atoms with Crippen molar-refractivity contribution < 1.29 is 14.3 Å². The number of nitrogens with one attached hydrogen (secondary N) is 1. The molecule has 4 nitrogen and oxygen atoms in total. The third kappa shape index (κ3) is 5.71. The number of hydrogen-bond donors (Lipinski definition) is 1. The summed E-state index contributed by atoms with van der Waals surface area (Å²) in [4.78, 5) is 12.3. The van der Waals surface area contributed by atoms with Crippen LogP contribution in [0.4, 0.5) is 0 Å².